The Kier molecular flexibility index (Phi) is 4.29. The van der Waals surface area contributed by atoms with E-state index >= 15 is 0 Å². The van der Waals surface area contributed by atoms with Crippen LogP contribution in [0.5, 0.6) is 0 Å². The first kappa shape index (κ1) is 14.0. The summed E-state index contributed by atoms with van der Waals surface area (Å²) in [7, 11) is 0. The summed E-state index contributed by atoms with van der Waals surface area (Å²) in [5.41, 5.74) is 5.36. The molecule has 1 heterocycles. The fraction of sp³-hybridized carbons (Fsp3) is 0.444. The highest BCUT2D eigenvalue weighted by Gasteiger charge is 2.31. The smallest absolute Gasteiger partial charge is 0.406 e. The molecule has 3 N–H and O–H groups in total. The topological polar surface area (TPSA) is 87.6 Å². The first-order chi connectivity index (χ1) is 8.37. The van der Waals surface area contributed by atoms with Gasteiger partial charge in [-0.3, -0.25) is 0 Å². The second kappa shape index (κ2) is 5.52. The average molecular weight is 263 g/mol. The van der Waals surface area contributed by atoms with Crippen molar-refractivity contribution in [2.24, 2.45) is 10.9 Å². The fourth-order valence-corrected chi connectivity index (χ4v) is 1.24. The fourth-order valence-electron chi connectivity index (χ4n) is 1.24. The van der Waals surface area contributed by atoms with Gasteiger partial charge in [-0.1, -0.05) is 5.16 Å². The Morgan fingerprint density at radius 1 is 1.56 bits per heavy atom. The average Bonchev–Trinajstić information content (AvgIpc) is 2.34. The third kappa shape index (κ3) is 3.75. The Labute approximate surface area is 101 Å². The van der Waals surface area contributed by atoms with Gasteiger partial charge in [0.25, 0.3) is 0 Å². The lowest BCUT2D eigenvalue weighted by Crippen LogP contribution is -2.35. The number of hydrogen-bond acceptors (Lipinski definition) is 5. The van der Waals surface area contributed by atoms with E-state index in [9.17, 15) is 13.2 Å². The number of halogens is 3. The maximum Gasteiger partial charge on any atom is 0.406 e. The van der Waals surface area contributed by atoms with E-state index in [0.29, 0.717) is 0 Å². The SMILES string of the molecule is CCN(CC(F)(F)F)c1nccc(/C(N)=N/O)n1. The lowest BCUT2D eigenvalue weighted by Gasteiger charge is -2.22. The minimum Gasteiger partial charge on any atom is -0.409 e. The summed E-state index contributed by atoms with van der Waals surface area (Å²) in [4.78, 5) is 8.47. The van der Waals surface area contributed by atoms with Gasteiger partial charge in [0, 0.05) is 12.7 Å². The molecule has 0 saturated carbocycles. The van der Waals surface area contributed by atoms with Crippen LogP contribution in [0.2, 0.25) is 0 Å². The molecule has 0 aliphatic heterocycles. The minimum absolute atomic E-state index is 0.0584. The van der Waals surface area contributed by atoms with Crippen molar-refractivity contribution in [1.82, 2.24) is 9.97 Å². The highest BCUT2D eigenvalue weighted by molar-refractivity contribution is 5.95. The number of anilines is 1. The number of nitrogens with zero attached hydrogens (tertiary/aromatic N) is 4. The van der Waals surface area contributed by atoms with Gasteiger partial charge < -0.3 is 15.8 Å². The predicted octanol–water partition coefficient (Wildman–Crippen LogP) is 0.960. The van der Waals surface area contributed by atoms with Gasteiger partial charge in [-0.05, 0) is 13.0 Å². The number of oxime groups is 1. The molecule has 0 fully saturated rings. The summed E-state index contributed by atoms with van der Waals surface area (Å²) in [6.07, 6.45) is -3.11. The molecule has 9 heteroatoms. The van der Waals surface area contributed by atoms with Crippen LogP contribution in [0.25, 0.3) is 0 Å². The highest BCUT2D eigenvalue weighted by Crippen LogP contribution is 2.19. The van der Waals surface area contributed by atoms with Crippen LogP contribution in [0.4, 0.5) is 19.1 Å². The van der Waals surface area contributed by atoms with Crippen molar-refractivity contribution in [3.63, 3.8) is 0 Å². The zero-order chi connectivity index (χ0) is 13.8. The maximum absolute atomic E-state index is 12.3. The second-order valence-corrected chi connectivity index (χ2v) is 3.36. The van der Waals surface area contributed by atoms with Gasteiger partial charge in [-0.15, -0.1) is 0 Å². The van der Waals surface area contributed by atoms with Crippen LogP contribution < -0.4 is 10.6 Å². The van der Waals surface area contributed by atoms with Crippen molar-refractivity contribution in [2.45, 2.75) is 13.1 Å². The third-order valence-electron chi connectivity index (χ3n) is 2.05. The zero-order valence-electron chi connectivity index (χ0n) is 9.52. The zero-order valence-corrected chi connectivity index (χ0v) is 9.52. The lowest BCUT2D eigenvalue weighted by molar-refractivity contribution is -0.119. The second-order valence-electron chi connectivity index (χ2n) is 3.36. The van der Waals surface area contributed by atoms with Gasteiger partial charge >= 0.3 is 6.18 Å². The molecule has 1 aromatic rings. The summed E-state index contributed by atoms with van der Waals surface area (Å²) in [5, 5.41) is 11.2. The molecule has 0 atom stereocenters. The van der Waals surface area contributed by atoms with E-state index in [1.807, 2.05) is 0 Å². The Morgan fingerprint density at radius 2 is 2.22 bits per heavy atom. The lowest BCUT2D eigenvalue weighted by atomic mass is 10.4. The van der Waals surface area contributed by atoms with E-state index in [0.717, 1.165) is 4.90 Å². The largest absolute Gasteiger partial charge is 0.409 e. The standard InChI is InChI=1S/C9H12F3N5O/c1-2-17(5-9(10,11)12)8-14-4-3-6(15-8)7(13)16-18/h3-4,18H,2,5H2,1H3,(H2,13,16). The van der Waals surface area contributed by atoms with E-state index in [-0.39, 0.29) is 24.0 Å². The molecule has 0 unspecified atom stereocenters. The van der Waals surface area contributed by atoms with E-state index in [1.165, 1.54) is 12.3 Å². The Hall–Kier alpha value is -2.06. The predicted molar refractivity (Wildman–Crippen MR) is 58.5 cm³/mol. The molecule has 0 amide bonds. The number of amidine groups is 1. The number of nitrogens with two attached hydrogens (primary N) is 1. The minimum atomic E-state index is -4.36. The van der Waals surface area contributed by atoms with E-state index < -0.39 is 12.7 Å². The molecule has 18 heavy (non-hydrogen) atoms. The summed E-state index contributed by atoms with van der Waals surface area (Å²) in [6.45, 7) is 0.466. The molecule has 0 aliphatic carbocycles. The van der Waals surface area contributed by atoms with Gasteiger partial charge in [0.1, 0.15) is 12.2 Å². The van der Waals surface area contributed by atoms with Crippen molar-refractivity contribution in [1.29, 1.82) is 0 Å². The van der Waals surface area contributed by atoms with Crippen LogP contribution in [0.15, 0.2) is 17.4 Å². The highest BCUT2D eigenvalue weighted by atomic mass is 19.4. The molecular weight excluding hydrogens is 251 g/mol. The summed E-state index contributed by atoms with van der Waals surface area (Å²) in [6, 6.07) is 1.33. The van der Waals surface area contributed by atoms with Crippen LogP contribution in [0, 0.1) is 0 Å². The quantitative estimate of drug-likeness (QED) is 0.365. The van der Waals surface area contributed by atoms with E-state index in [1.54, 1.807) is 6.92 Å². The first-order valence-electron chi connectivity index (χ1n) is 5.00. The summed E-state index contributed by atoms with van der Waals surface area (Å²) in [5.74, 6) is -0.416. The van der Waals surface area contributed by atoms with E-state index in [4.69, 9.17) is 10.9 Å². The van der Waals surface area contributed by atoms with Gasteiger partial charge in [0.2, 0.25) is 5.95 Å². The molecule has 0 saturated heterocycles. The van der Waals surface area contributed by atoms with Crippen LogP contribution in [0.1, 0.15) is 12.6 Å². The van der Waals surface area contributed by atoms with Gasteiger partial charge in [0.05, 0.1) is 0 Å². The van der Waals surface area contributed by atoms with Gasteiger partial charge in [-0.25, -0.2) is 9.97 Å². The molecule has 0 radical (unpaired) electrons. The molecule has 1 aromatic heterocycles. The monoisotopic (exact) mass is 263 g/mol. The number of alkyl halides is 3. The van der Waals surface area contributed by atoms with Crippen molar-refractivity contribution in [2.75, 3.05) is 18.0 Å². The van der Waals surface area contributed by atoms with Crippen molar-refractivity contribution >= 4 is 11.8 Å². The Balaban J connectivity index is 3.00. The first-order valence-corrected chi connectivity index (χ1v) is 5.00. The van der Waals surface area contributed by atoms with Crippen LogP contribution >= 0.6 is 0 Å². The molecule has 0 bridgehead atoms. The number of aromatic nitrogens is 2. The van der Waals surface area contributed by atoms with Crippen molar-refractivity contribution in [3.05, 3.63) is 18.0 Å². The number of hydrogen-bond donors (Lipinski definition) is 2. The molecule has 1 rings (SSSR count). The van der Waals surface area contributed by atoms with Crippen LogP contribution in [-0.4, -0.2) is 40.3 Å². The molecular formula is C9H12F3N5O. The third-order valence-corrected chi connectivity index (χ3v) is 2.05. The maximum atomic E-state index is 12.3. The molecule has 0 aliphatic rings. The van der Waals surface area contributed by atoms with Gasteiger partial charge in [0.15, 0.2) is 5.84 Å². The van der Waals surface area contributed by atoms with Gasteiger partial charge in [-0.2, -0.15) is 13.2 Å². The van der Waals surface area contributed by atoms with Crippen LogP contribution in [-0.2, 0) is 0 Å². The molecule has 6 nitrogen and oxygen atoms in total. The Morgan fingerprint density at radius 3 is 2.72 bits per heavy atom. The van der Waals surface area contributed by atoms with Crippen LogP contribution in [0.3, 0.4) is 0 Å². The molecule has 100 valence electrons. The normalized spacial score (nSPS) is 12.6. The van der Waals surface area contributed by atoms with E-state index in [2.05, 4.69) is 15.1 Å². The molecule has 0 spiro atoms. The Bertz CT molecular complexity index is 434. The summed E-state index contributed by atoms with van der Waals surface area (Å²) < 4.78 is 37.0. The number of rotatable bonds is 4. The molecule has 0 aromatic carbocycles. The van der Waals surface area contributed by atoms with Crippen molar-refractivity contribution in [3.8, 4) is 0 Å². The summed E-state index contributed by atoms with van der Waals surface area (Å²) >= 11 is 0. The van der Waals surface area contributed by atoms with Crippen molar-refractivity contribution < 1.29 is 18.4 Å².